The predicted octanol–water partition coefficient (Wildman–Crippen LogP) is 2.82. The molecule has 10 heteroatoms. The number of aromatic nitrogens is 6. The lowest BCUT2D eigenvalue weighted by atomic mass is 9.94. The zero-order valence-corrected chi connectivity index (χ0v) is 18.3. The number of rotatable bonds is 5. The van der Waals surface area contributed by atoms with Crippen LogP contribution in [0.3, 0.4) is 0 Å². The molecule has 4 aromatic rings. The molecule has 3 aromatic heterocycles. The van der Waals surface area contributed by atoms with Crippen LogP contribution in [0.25, 0.3) is 16.7 Å². The van der Waals surface area contributed by atoms with E-state index in [0.29, 0.717) is 47.2 Å². The highest BCUT2D eigenvalue weighted by molar-refractivity contribution is 5.75. The zero-order valence-electron chi connectivity index (χ0n) is 18.3. The van der Waals surface area contributed by atoms with E-state index in [1.165, 1.54) is 37.3 Å². The largest absolute Gasteiger partial charge is 0.347 e. The fourth-order valence-electron chi connectivity index (χ4n) is 5.33. The molecule has 3 N–H and O–H groups in total. The summed E-state index contributed by atoms with van der Waals surface area (Å²) in [5, 5.41) is 11.6. The summed E-state index contributed by atoms with van der Waals surface area (Å²) in [7, 11) is 0. The van der Waals surface area contributed by atoms with Crippen LogP contribution in [0.2, 0.25) is 0 Å². The molecule has 5 heterocycles. The Hall–Kier alpha value is -3.27. The molecular formula is C23H26FN9. The molecule has 2 saturated heterocycles. The number of nitrogens with zero attached hydrogens (tertiary/aromatic N) is 6. The Morgan fingerprint density at radius 3 is 2.91 bits per heavy atom. The molecule has 0 radical (unpaired) electrons. The van der Waals surface area contributed by atoms with E-state index in [9.17, 15) is 4.39 Å². The first kappa shape index (κ1) is 19.2. The Kier molecular flexibility index (Phi) is 4.30. The molecule has 0 amide bonds. The Morgan fingerprint density at radius 2 is 2.06 bits per heavy atom. The van der Waals surface area contributed by atoms with Gasteiger partial charge in [-0.25, -0.2) is 9.37 Å². The summed E-state index contributed by atoms with van der Waals surface area (Å²) in [6, 6.07) is 5.44. The third-order valence-corrected chi connectivity index (χ3v) is 7.21. The number of nitrogens with one attached hydrogen (secondary N) is 3. The van der Waals surface area contributed by atoms with Crippen molar-refractivity contribution < 1.29 is 4.39 Å². The fraction of sp³-hybridized carbons (Fsp3) is 0.478. The lowest BCUT2D eigenvalue weighted by molar-refractivity contribution is 0.340. The van der Waals surface area contributed by atoms with Crippen LogP contribution >= 0.6 is 0 Å². The molecule has 1 saturated carbocycles. The first-order valence-electron chi connectivity index (χ1n) is 11.8. The van der Waals surface area contributed by atoms with Crippen LogP contribution in [0, 0.1) is 11.7 Å². The number of H-pyrrole nitrogens is 1. The van der Waals surface area contributed by atoms with E-state index >= 15 is 0 Å². The first-order chi connectivity index (χ1) is 16.2. The average Bonchev–Trinajstić information content (AvgIpc) is 3.25. The SMILES string of the molecule is Fc1cccc2[nH]c(CNc3nc(N4C[C@@H]5CCCN[C@@H]5C4)nc4c(C5CC5)cnn34)nc12. The molecule has 0 unspecified atom stereocenters. The van der Waals surface area contributed by atoms with E-state index < -0.39 is 0 Å². The molecule has 1 aromatic carbocycles. The van der Waals surface area contributed by atoms with Crippen LogP contribution in [0.4, 0.5) is 16.3 Å². The minimum Gasteiger partial charge on any atom is -0.347 e. The molecule has 33 heavy (non-hydrogen) atoms. The number of aromatic amines is 1. The first-order valence-corrected chi connectivity index (χ1v) is 11.8. The van der Waals surface area contributed by atoms with Crippen molar-refractivity contribution in [2.24, 2.45) is 5.92 Å². The van der Waals surface area contributed by atoms with Gasteiger partial charge in [-0.3, -0.25) is 0 Å². The van der Waals surface area contributed by atoms with E-state index in [0.717, 1.165) is 31.2 Å². The highest BCUT2D eigenvalue weighted by atomic mass is 19.1. The fourth-order valence-corrected chi connectivity index (χ4v) is 5.33. The number of hydrogen-bond acceptors (Lipinski definition) is 7. The van der Waals surface area contributed by atoms with Crippen molar-refractivity contribution in [1.82, 2.24) is 34.9 Å². The molecule has 7 rings (SSSR count). The van der Waals surface area contributed by atoms with Gasteiger partial charge in [0.1, 0.15) is 11.3 Å². The summed E-state index contributed by atoms with van der Waals surface area (Å²) in [6.45, 7) is 3.37. The summed E-state index contributed by atoms with van der Waals surface area (Å²) in [6.07, 6.45) is 6.79. The van der Waals surface area contributed by atoms with Crippen molar-refractivity contribution in [2.45, 2.75) is 44.2 Å². The van der Waals surface area contributed by atoms with Gasteiger partial charge in [0.05, 0.1) is 18.3 Å². The summed E-state index contributed by atoms with van der Waals surface area (Å²) in [4.78, 5) is 19.8. The number of imidazole rings is 1. The number of anilines is 2. The molecule has 9 nitrogen and oxygen atoms in total. The monoisotopic (exact) mass is 447 g/mol. The van der Waals surface area contributed by atoms with Crippen LogP contribution < -0.4 is 15.5 Å². The second-order valence-corrected chi connectivity index (χ2v) is 9.50. The van der Waals surface area contributed by atoms with Crippen LogP contribution in [-0.4, -0.2) is 55.2 Å². The van der Waals surface area contributed by atoms with Crippen molar-refractivity contribution in [3.8, 4) is 0 Å². The Balaban J connectivity index is 1.23. The van der Waals surface area contributed by atoms with E-state index in [-0.39, 0.29) is 5.82 Å². The number of hydrogen-bond donors (Lipinski definition) is 3. The normalized spacial score (nSPS) is 22.9. The minimum absolute atomic E-state index is 0.327. The van der Waals surface area contributed by atoms with Crippen molar-refractivity contribution in [3.63, 3.8) is 0 Å². The van der Waals surface area contributed by atoms with E-state index in [2.05, 4.69) is 30.6 Å². The Labute approximate surface area is 189 Å². The van der Waals surface area contributed by atoms with Crippen LogP contribution in [0.1, 0.15) is 43.0 Å². The number of benzene rings is 1. The smallest absolute Gasteiger partial charge is 0.230 e. The third kappa shape index (κ3) is 3.31. The highest BCUT2D eigenvalue weighted by Gasteiger charge is 2.36. The molecule has 0 spiro atoms. The third-order valence-electron chi connectivity index (χ3n) is 7.21. The number of fused-ring (bicyclic) bond motifs is 3. The zero-order chi connectivity index (χ0) is 21.9. The summed E-state index contributed by atoms with van der Waals surface area (Å²) < 4.78 is 15.9. The summed E-state index contributed by atoms with van der Waals surface area (Å²) in [5.41, 5.74) is 3.11. The van der Waals surface area contributed by atoms with Crippen LogP contribution in [-0.2, 0) is 6.54 Å². The molecule has 170 valence electrons. The molecule has 2 aliphatic heterocycles. The highest BCUT2D eigenvalue weighted by Crippen LogP contribution is 2.42. The summed E-state index contributed by atoms with van der Waals surface area (Å²) in [5.74, 6) is 2.89. The average molecular weight is 448 g/mol. The molecule has 3 fully saturated rings. The maximum absolute atomic E-state index is 14.1. The molecule has 1 aliphatic carbocycles. The molecule has 2 atom stereocenters. The standard InChI is InChI=1S/C23H26FN9/c24-16-4-1-5-17-20(16)29-19(28-17)10-26-22-31-23(32-11-14-3-2-8-25-18(14)12-32)30-21-15(13-6-7-13)9-27-33(21)22/h1,4-5,9,13-14,18,25H,2-3,6-8,10-12H2,(H,28,29)(H,26,30,31)/t14-,18+/m0/s1. The van der Waals surface area contributed by atoms with Gasteiger partial charge >= 0.3 is 0 Å². The van der Waals surface area contributed by atoms with Crippen molar-refractivity contribution in [2.75, 3.05) is 29.9 Å². The van der Waals surface area contributed by atoms with Gasteiger partial charge in [0.2, 0.25) is 11.9 Å². The Morgan fingerprint density at radius 1 is 1.12 bits per heavy atom. The maximum atomic E-state index is 14.1. The van der Waals surface area contributed by atoms with Crippen molar-refractivity contribution in [3.05, 3.63) is 41.6 Å². The van der Waals surface area contributed by atoms with E-state index in [1.807, 2.05) is 12.3 Å². The minimum atomic E-state index is -0.327. The molecule has 3 aliphatic rings. The van der Waals surface area contributed by atoms with Gasteiger partial charge in [0, 0.05) is 24.7 Å². The summed E-state index contributed by atoms with van der Waals surface area (Å²) >= 11 is 0. The number of halogens is 1. The van der Waals surface area contributed by atoms with Gasteiger partial charge in [0.25, 0.3) is 0 Å². The van der Waals surface area contributed by atoms with Gasteiger partial charge in [-0.2, -0.15) is 19.6 Å². The molecular weight excluding hydrogens is 421 g/mol. The van der Waals surface area contributed by atoms with Crippen LogP contribution in [0.15, 0.2) is 24.4 Å². The van der Waals surface area contributed by atoms with Gasteiger partial charge in [-0.15, -0.1) is 0 Å². The van der Waals surface area contributed by atoms with Crippen LogP contribution in [0.5, 0.6) is 0 Å². The lowest BCUT2D eigenvalue weighted by Crippen LogP contribution is -2.40. The van der Waals surface area contributed by atoms with Gasteiger partial charge in [-0.05, 0) is 56.2 Å². The lowest BCUT2D eigenvalue weighted by Gasteiger charge is -2.24. The van der Waals surface area contributed by atoms with Crippen molar-refractivity contribution >= 4 is 28.6 Å². The van der Waals surface area contributed by atoms with E-state index in [4.69, 9.17) is 9.97 Å². The number of para-hydroxylation sites is 1. The quantitative estimate of drug-likeness (QED) is 0.433. The number of piperidine rings is 1. The predicted molar refractivity (Wildman–Crippen MR) is 123 cm³/mol. The molecule has 0 bridgehead atoms. The topological polar surface area (TPSA) is 99.1 Å². The Bertz CT molecular complexity index is 1330. The maximum Gasteiger partial charge on any atom is 0.230 e. The van der Waals surface area contributed by atoms with Gasteiger partial charge < -0.3 is 20.5 Å². The second-order valence-electron chi connectivity index (χ2n) is 9.50. The van der Waals surface area contributed by atoms with E-state index in [1.54, 1.807) is 10.6 Å². The van der Waals surface area contributed by atoms with Gasteiger partial charge in [-0.1, -0.05) is 6.07 Å². The van der Waals surface area contributed by atoms with Gasteiger partial charge in [0.15, 0.2) is 11.5 Å². The second kappa shape index (κ2) is 7.38. The van der Waals surface area contributed by atoms with Crippen molar-refractivity contribution in [1.29, 1.82) is 0 Å².